The van der Waals surface area contributed by atoms with E-state index in [1.807, 2.05) is 0 Å². The topological polar surface area (TPSA) is 24.5 Å². The van der Waals surface area contributed by atoms with E-state index in [-0.39, 0.29) is 0 Å². The highest BCUT2D eigenvalue weighted by Gasteiger charge is 2.30. The Balaban J connectivity index is 1.51. The van der Waals surface area contributed by atoms with Crippen LogP contribution in [-0.4, -0.2) is 32.3 Å². The van der Waals surface area contributed by atoms with Crippen molar-refractivity contribution in [2.45, 2.75) is 52.6 Å². The summed E-state index contributed by atoms with van der Waals surface area (Å²) in [6.07, 6.45) is 5.39. The zero-order valence-electron chi connectivity index (χ0n) is 15.0. The summed E-state index contributed by atoms with van der Waals surface area (Å²) in [4.78, 5) is 2.44. The number of rotatable bonds is 3. The number of ether oxygens (including phenoxy) is 1. The lowest BCUT2D eigenvalue weighted by Gasteiger charge is -2.37. The molecule has 0 bridgehead atoms. The lowest BCUT2D eigenvalue weighted by molar-refractivity contribution is 0.0882. The van der Waals surface area contributed by atoms with E-state index in [1.165, 1.54) is 31.4 Å². The van der Waals surface area contributed by atoms with Crippen molar-refractivity contribution in [1.29, 1.82) is 0 Å². The lowest BCUT2D eigenvalue weighted by atomic mass is 9.72. The quantitative estimate of drug-likeness (QED) is 0.909. The second-order valence-corrected chi connectivity index (χ2v) is 8.19. The van der Waals surface area contributed by atoms with Crippen LogP contribution in [0.5, 0.6) is 5.75 Å². The van der Waals surface area contributed by atoms with Gasteiger partial charge in [0.05, 0.1) is 6.10 Å². The molecule has 3 nitrogen and oxygen atoms in total. The van der Waals surface area contributed by atoms with Crippen LogP contribution in [0, 0.1) is 11.3 Å². The fraction of sp³-hybridized carbons (Fsp3) is 0.700. The van der Waals surface area contributed by atoms with Gasteiger partial charge in [0.2, 0.25) is 0 Å². The highest BCUT2D eigenvalue weighted by Crippen LogP contribution is 2.38. The summed E-state index contributed by atoms with van der Waals surface area (Å²) in [5.74, 6) is 1.88. The molecule has 0 atom stereocenters. The number of piperazine rings is 1. The monoisotopic (exact) mass is 316 g/mol. The molecule has 23 heavy (non-hydrogen) atoms. The van der Waals surface area contributed by atoms with Crippen molar-refractivity contribution >= 4 is 5.69 Å². The number of nitrogens with one attached hydrogen (secondary N) is 1. The molecule has 3 heteroatoms. The van der Waals surface area contributed by atoms with Crippen LogP contribution in [0.4, 0.5) is 5.69 Å². The molecule has 1 heterocycles. The molecule has 1 aliphatic heterocycles. The van der Waals surface area contributed by atoms with E-state index in [4.69, 9.17) is 4.74 Å². The van der Waals surface area contributed by atoms with Gasteiger partial charge in [0.1, 0.15) is 5.75 Å². The maximum atomic E-state index is 6.23. The fourth-order valence-electron chi connectivity index (χ4n) is 3.90. The molecule has 3 rings (SSSR count). The van der Waals surface area contributed by atoms with Crippen LogP contribution < -0.4 is 15.0 Å². The molecule has 0 aromatic heterocycles. The first-order valence-electron chi connectivity index (χ1n) is 9.25. The summed E-state index contributed by atoms with van der Waals surface area (Å²) in [7, 11) is 0. The number of hydrogen-bond donors (Lipinski definition) is 1. The lowest BCUT2D eigenvalue weighted by Crippen LogP contribution is -2.43. The van der Waals surface area contributed by atoms with Crippen LogP contribution in [0.25, 0.3) is 0 Å². The first kappa shape index (κ1) is 16.6. The van der Waals surface area contributed by atoms with Crippen LogP contribution in [-0.2, 0) is 0 Å². The average molecular weight is 316 g/mol. The second kappa shape index (κ2) is 7.12. The predicted octanol–water partition coefficient (Wildman–Crippen LogP) is 4.08. The van der Waals surface area contributed by atoms with E-state index < -0.39 is 0 Å². The molecule has 1 aromatic carbocycles. The van der Waals surface area contributed by atoms with E-state index in [0.717, 1.165) is 37.8 Å². The van der Waals surface area contributed by atoms with Crippen molar-refractivity contribution in [2.75, 3.05) is 31.1 Å². The van der Waals surface area contributed by atoms with E-state index in [1.54, 1.807) is 0 Å². The third kappa shape index (κ3) is 4.41. The maximum Gasteiger partial charge on any atom is 0.119 e. The Morgan fingerprint density at radius 1 is 0.957 bits per heavy atom. The molecule has 1 saturated carbocycles. The molecular formula is C20H32N2O. The molecule has 2 fully saturated rings. The molecule has 2 aliphatic rings. The third-order valence-corrected chi connectivity index (χ3v) is 5.52. The Bertz CT molecular complexity index is 477. The van der Waals surface area contributed by atoms with E-state index in [0.29, 0.717) is 11.5 Å². The number of anilines is 1. The number of nitrogens with zero attached hydrogens (tertiary/aromatic N) is 1. The molecule has 1 saturated heterocycles. The molecule has 0 amide bonds. The summed E-state index contributed by atoms with van der Waals surface area (Å²) < 4.78 is 6.23. The third-order valence-electron chi connectivity index (χ3n) is 5.52. The van der Waals surface area contributed by atoms with Gasteiger partial charge in [-0.25, -0.2) is 0 Å². The van der Waals surface area contributed by atoms with E-state index >= 15 is 0 Å². The normalized spacial score (nSPS) is 26.1. The standard InChI is InChI=1S/C20H32N2O/c1-20(2,3)16-4-8-18(9-5-16)23-19-10-6-17(7-11-19)22-14-12-21-13-15-22/h6-7,10-11,16,18,21H,4-5,8-9,12-15H2,1-3H3/t16-,18-. The van der Waals surface area contributed by atoms with Gasteiger partial charge < -0.3 is 15.0 Å². The van der Waals surface area contributed by atoms with Crippen molar-refractivity contribution in [1.82, 2.24) is 5.32 Å². The number of hydrogen-bond acceptors (Lipinski definition) is 3. The van der Waals surface area contributed by atoms with Crippen LogP contribution in [0.3, 0.4) is 0 Å². The SMILES string of the molecule is CC(C)(C)[C@H]1CC[C@H](Oc2ccc(N3CCNCC3)cc2)CC1. The predicted molar refractivity (Wildman–Crippen MR) is 97.4 cm³/mol. The van der Waals surface area contributed by atoms with E-state index in [2.05, 4.69) is 55.3 Å². The summed E-state index contributed by atoms with van der Waals surface area (Å²) in [6, 6.07) is 8.71. The zero-order valence-corrected chi connectivity index (χ0v) is 15.0. The average Bonchev–Trinajstić information content (AvgIpc) is 2.56. The van der Waals surface area contributed by atoms with Gasteiger partial charge in [-0.2, -0.15) is 0 Å². The number of benzene rings is 1. The zero-order chi connectivity index (χ0) is 16.3. The molecule has 1 aliphatic carbocycles. The largest absolute Gasteiger partial charge is 0.490 e. The molecule has 0 unspecified atom stereocenters. The van der Waals surface area contributed by atoms with Gasteiger partial charge in [-0.15, -0.1) is 0 Å². The van der Waals surface area contributed by atoms with Gasteiger partial charge in [0.15, 0.2) is 0 Å². The molecule has 0 radical (unpaired) electrons. The Labute approximate surface area is 141 Å². The minimum absolute atomic E-state index is 0.402. The second-order valence-electron chi connectivity index (χ2n) is 8.19. The molecular weight excluding hydrogens is 284 g/mol. The van der Waals surface area contributed by atoms with Crippen molar-refractivity contribution in [2.24, 2.45) is 11.3 Å². The Kier molecular flexibility index (Phi) is 5.15. The van der Waals surface area contributed by atoms with Crippen LogP contribution in [0.1, 0.15) is 46.5 Å². The summed E-state index contributed by atoms with van der Waals surface area (Å²) in [5, 5.41) is 3.40. The fourth-order valence-corrected chi connectivity index (χ4v) is 3.90. The van der Waals surface area contributed by atoms with E-state index in [9.17, 15) is 0 Å². The minimum atomic E-state index is 0.402. The molecule has 128 valence electrons. The summed E-state index contributed by atoms with van der Waals surface area (Å²) >= 11 is 0. The van der Waals surface area contributed by atoms with Crippen LogP contribution >= 0.6 is 0 Å². The highest BCUT2D eigenvalue weighted by atomic mass is 16.5. The molecule has 1 aromatic rings. The maximum absolute atomic E-state index is 6.23. The van der Waals surface area contributed by atoms with Gasteiger partial charge in [-0.1, -0.05) is 20.8 Å². The van der Waals surface area contributed by atoms with Crippen molar-refractivity contribution in [3.8, 4) is 5.75 Å². The Hall–Kier alpha value is -1.22. The minimum Gasteiger partial charge on any atom is -0.490 e. The van der Waals surface area contributed by atoms with Crippen LogP contribution in [0.15, 0.2) is 24.3 Å². The summed E-state index contributed by atoms with van der Waals surface area (Å²) in [6.45, 7) is 11.5. The van der Waals surface area contributed by atoms with Crippen molar-refractivity contribution < 1.29 is 4.74 Å². The van der Waals surface area contributed by atoms with Gasteiger partial charge in [0, 0.05) is 31.9 Å². The highest BCUT2D eigenvalue weighted by molar-refractivity contribution is 5.49. The first-order chi connectivity index (χ1) is 11.0. The van der Waals surface area contributed by atoms with Gasteiger partial charge in [-0.3, -0.25) is 0 Å². The molecule has 1 N–H and O–H groups in total. The Morgan fingerprint density at radius 3 is 2.13 bits per heavy atom. The summed E-state index contributed by atoms with van der Waals surface area (Å²) in [5.41, 5.74) is 1.76. The van der Waals surface area contributed by atoms with Crippen molar-refractivity contribution in [3.05, 3.63) is 24.3 Å². The van der Waals surface area contributed by atoms with Crippen LogP contribution in [0.2, 0.25) is 0 Å². The smallest absolute Gasteiger partial charge is 0.119 e. The van der Waals surface area contributed by atoms with Gasteiger partial charge in [-0.05, 0) is 61.3 Å². The Morgan fingerprint density at radius 2 is 1.57 bits per heavy atom. The van der Waals surface area contributed by atoms with Gasteiger partial charge >= 0.3 is 0 Å². The van der Waals surface area contributed by atoms with Gasteiger partial charge in [0.25, 0.3) is 0 Å². The molecule has 0 spiro atoms. The first-order valence-corrected chi connectivity index (χ1v) is 9.25. The van der Waals surface area contributed by atoms with Crippen molar-refractivity contribution in [3.63, 3.8) is 0 Å².